The highest BCUT2D eigenvalue weighted by molar-refractivity contribution is 6.21. The van der Waals surface area contributed by atoms with E-state index in [9.17, 15) is 4.79 Å². The van der Waals surface area contributed by atoms with E-state index in [2.05, 4.69) is 9.99 Å². The van der Waals surface area contributed by atoms with Crippen LogP contribution in [-0.2, 0) is 9.63 Å². The Morgan fingerprint density at radius 2 is 2.33 bits per heavy atom. The van der Waals surface area contributed by atoms with Gasteiger partial charge in [0.2, 0.25) is 0 Å². The van der Waals surface area contributed by atoms with Gasteiger partial charge in [-0.25, -0.2) is 4.79 Å². The quantitative estimate of drug-likeness (QED) is 0.447. The number of hydrogen-bond donors (Lipinski definition) is 1. The highest BCUT2D eigenvalue weighted by atomic mass is 16.6. The largest absolute Gasteiger partial charge is 0.477 e. The number of carboxylic acid groups (broad SMARTS) is 1. The molecular formula is C5H9NO3. The first-order valence-electron chi connectivity index (χ1n) is 2.55. The molecule has 0 fully saturated rings. The van der Waals surface area contributed by atoms with Crippen molar-refractivity contribution < 1.29 is 14.7 Å². The third-order valence-electron chi connectivity index (χ3n) is 0.435. The maximum absolute atomic E-state index is 9.75. The molecule has 0 aromatic heterocycles. The van der Waals surface area contributed by atoms with Crippen LogP contribution in [0.25, 0.3) is 0 Å². The smallest absolute Gasteiger partial charge is 0.350 e. The molecule has 0 saturated carbocycles. The minimum Gasteiger partial charge on any atom is -0.477 e. The summed E-state index contributed by atoms with van der Waals surface area (Å²) >= 11 is 0. The van der Waals surface area contributed by atoms with Crippen molar-refractivity contribution in [3.63, 3.8) is 0 Å². The van der Waals surface area contributed by atoms with Gasteiger partial charge in [0.1, 0.15) is 6.10 Å². The number of aliphatic carboxylic acids is 1. The standard InChI is InChI=1S/C5H9NO3/c1-4(2)9-6-3-5(7)8/h3-4H,1-2H3,(H,7,8). The Morgan fingerprint density at radius 3 is 2.67 bits per heavy atom. The summed E-state index contributed by atoms with van der Waals surface area (Å²) in [5, 5.41) is 11.1. The van der Waals surface area contributed by atoms with Gasteiger partial charge in [-0.15, -0.1) is 0 Å². The van der Waals surface area contributed by atoms with Crippen LogP contribution in [0.5, 0.6) is 0 Å². The first kappa shape index (κ1) is 7.94. The zero-order valence-corrected chi connectivity index (χ0v) is 5.37. The summed E-state index contributed by atoms with van der Waals surface area (Å²) in [6.45, 7) is 3.53. The fourth-order valence-electron chi connectivity index (χ4n) is 0.197. The van der Waals surface area contributed by atoms with Crippen LogP contribution in [0.3, 0.4) is 0 Å². The Morgan fingerprint density at radius 1 is 1.78 bits per heavy atom. The molecule has 4 heteroatoms. The van der Waals surface area contributed by atoms with Crippen molar-refractivity contribution in [1.29, 1.82) is 0 Å². The molecule has 9 heavy (non-hydrogen) atoms. The Labute approximate surface area is 53.1 Å². The molecule has 0 rings (SSSR count). The molecule has 0 aromatic carbocycles. The fourth-order valence-corrected chi connectivity index (χ4v) is 0.197. The monoisotopic (exact) mass is 131 g/mol. The van der Waals surface area contributed by atoms with Crippen LogP contribution in [0.1, 0.15) is 13.8 Å². The van der Waals surface area contributed by atoms with Gasteiger partial charge in [-0.1, -0.05) is 5.16 Å². The van der Waals surface area contributed by atoms with Crippen molar-refractivity contribution in [2.75, 3.05) is 0 Å². The molecule has 0 bridgehead atoms. The lowest BCUT2D eigenvalue weighted by Gasteiger charge is -1.98. The van der Waals surface area contributed by atoms with Crippen LogP contribution < -0.4 is 0 Å². The summed E-state index contributed by atoms with van der Waals surface area (Å²) in [5.74, 6) is -1.10. The van der Waals surface area contributed by atoms with E-state index >= 15 is 0 Å². The van der Waals surface area contributed by atoms with Gasteiger partial charge in [-0.2, -0.15) is 0 Å². The van der Waals surface area contributed by atoms with Gasteiger partial charge in [0.05, 0.1) is 0 Å². The molecule has 0 aliphatic heterocycles. The molecule has 1 N–H and O–H groups in total. The lowest BCUT2D eigenvalue weighted by Crippen LogP contribution is -2.00. The summed E-state index contributed by atoms with van der Waals surface area (Å²) in [6.07, 6.45) is 0.639. The summed E-state index contributed by atoms with van der Waals surface area (Å²) in [4.78, 5) is 14.3. The molecular weight excluding hydrogens is 122 g/mol. The molecule has 0 saturated heterocycles. The first-order valence-corrected chi connectivity index (χ1v) is 2.55. The first-order chi connectivity index (χ1) is 4.13. The molecule has 0 aromatic rings. The molecule has 0 amide bonds. The Hall–Kier alpha value is -1.06. The summed E-state index contributed by atoms with van der Waals surface area (Å²) in [7, 11) is 0. The molecule has 0 atom stereocenters. The van der Waals surface area contributed by atoms with Gasteiger partial charge in [0, 0.05) is 0 Å². The van der Waals surface area contributed by atoms with E-state index in [4.69, 9.17) is 5.11 Å². The lowest BCUT2D eigenvalue weighted by atomic mass is 10.5. The van der Waals surface area contributed by atoms with Gasteiger partial charge in [0.15, 0.2) is 6.21 Å². The number of carboxylic acids is 1. The highest BCUT2D eigenvalue weighted by Crippen LogP contribution is 1.85. The van der Waals surface area contributed by atoms with E-state index in [1.807, 2.05) is 0 Å². The molecule has 4 nitrogen and oxygen atoms in total. The van der Waals surface area contributed by atoms with Gasteiger partial charge < -0.3 is 9.94 Å². The Bertz CT molecular complexity index is 119. The van der Waals surface area contributed by atoms with E-state index in [1.54, 1.807) is 13.8 Å². The van der Waals surface area contributed by atoms with E-state index < -0.39 is 5.97 Å². The number of oxime groups is 1. The van der Waals surface area contributed by atoms with Crippen molar-refractivity contribution in [2.24, 2.45) is 5.16 Å². The van der Waals surface area contributed by atoms with Crippen LogP contribution in [0.2, 0.25) is 0 Å². The van der Waals surface area contributed by atoms with E-state index in [0.29, 0.717) is 6.21 Å². The average Bonchev–Trinajstić information content (AvgIpc) is 1.63. The predicted octanol–water partition coefficient (Wildman–Crippen LogP) is 0.482. The number of hydrogen-bond acceptors (Lipinski definition) is 3. The maximum Gasteiger partial charge on any atom is 0.350 e. The number of rotatable bonds is 3. The van der Waals surface area contributed by atoms with E-state index in [1.165, 1.54) is 0 Å². The van der Waals surface area contributed by atoms with Crippen LogP contribution in [-0.4, -0.2) is 23.4 Å². The minimum absolute atomic E-state index is 0.0689. The molecule has 0 unspecified atom stereocenters. The van der Waals surface area contributed by atoms with Crippen molar-refractivity contribution in [1.82, 2.24) is 0 Å². The average molecular weight is 131 g/mol. The highest BCUT2D eigenvalue weighted by Gasteiger charge is 1.89. The van der Waals surface area contributed by atoms with Crippen molar-refractivity contribution >= 4 is 12.2 Å². The van der Waals surface area contributed by atoms with Crippen LogP contribution in [0.15, 0.2) is 5.16 Å². The van der Waals surface area contributed by atoms with Crippen LogP contribution in [0.4, 0.5) is 0 Å². The molecule has 0 radical (unpaired) electrons. The Kier molecular flexibility index (Phi) is 3.43. The van der Waals surface area contributed by atoms with Crippen LogP contribution in [0, 0.1) is 0 Å². The second kappa shape index (κ2) is 3.88. The van der Waals surface area contributed by atoms with Crippen molar-refractivity contribution in [3.8, 4) is 0 Å². The molecule has 0 heterocycles. The number of nitrogens with zero attached hydrogens (tertiary/aromatic N) is 1. The summed E-state index contributed by atoms with van der Waals surface area (Å²) in [6, 6.07) is 0. The zero-order valence-electron chi connectivity index (χ0n) is 5.37. The topological polar surface area (TPSA) is 58.9 Å². The van der Waals surface area contributed by atoms with Gasteiger partial charge >= 0.3 is 5.97 Å². The lowest BCUT2D eigenvalue weighted by molar-refractivity contribution is -0.129. The van der Waals surface area contributed by atoms with Gasteiger partial charge in [-0.05, 0) is 13.8 Å². The Balaban J connectivity index is 3.36. The van der Waals surface area contributed by atoms with Crippen LogP contribution >= 0.6 is 0 Å². The normalized spacial score (nSPS) is 10.6. The van der Waals surface area contributed by atoms with Gasteiger partial charge in [0.25, 0.3) is 0 Å². The second-order valence-corrected chi connectivity index (χ2v) is 1.73. The maximum atomic E-state index is 9.75. The molecule has 0 aliphatic rings. The summed E-state index contributed by atoms with van der Waals surface area (Å²) in [5.41, 5.74) is 0. The molecule has 0 spiro atoms. The predicted molar refractivity (Wildman–Crippen MR) is 32.3 cm³/mol. The zero-order chi connectivity index (χ0) is 7.28. The molecule has 0 aliphatic carbocycles. The third kappa shape index (κ3) is 6.94. The molecule has 52 valence electrons. The summed E-state index contributed by atoms with van der Waals surface area (Å²) < 4.78 is 0. The SMILES string of the molecule is CC(C)ON=CC(=O)O. The van der Waals surface area contributed by atoms with E-state index in [-0.39, 0.29) is 6.10 Å². The number of carbonyl (C=O) groups is 1. The fraction of sp³-hybridized carbons (Fsp3) is 0.600. The van der Waals surface area contributed by atoms with Crippen molar-refractivity contribution in [3.05, 3.63) is 0 Å². The van der Waals surface area contributed by atoms with E-state index in [0.717, 1.165) is 0 Å². The minimum atomic E-state index is -1.10. The van der Waals surface area contributed by atoms with Gasteiger partial charge in [-0.3, -0.25) is 0 Å². The second-order valence-electron chi connectivity index (χ2n) is 1.73. The third-order valence-corrected chi connectivity index (χ3v) is 0.435. The van der Waals surface area contributed by atoms with Crippen molar-refractivity contribution in [2.45, 2.75) is 20.0 Å².